The molecule has 3 rings (SSSR count). The Labute approximate surface area is 163 Å². The number of anilines is 1. The molecule has 3 aromatic rings. The largest absolute Gasteiger partial charge is 0.348 e. The lowest BCUT2D eigenvalue weighted by molar-refractivity contribution is -0.384. The Morgan fingerprint density at radius 2 is 2.04 bits per heavy atom. The van der Waals surface area contributed by atoms with Crippen LogP contribution in [-0.4, -0.2) is 25.4 Å². The van der Waals surface area contributed by atoms with Gasteiger partial charge < -0.3 is 5.32 Å². The third-order valence-electron chi connectivity index (χ3n) is 4.13. The fourth-order valence-electron chi connectivity index (χ4n) is 2.80. The highest BCUT2D eigenvalue weighted by molar-refractivity contribution is 7.14. The van der Waals surface area contributed by atoms with Crippen molar-refractivity contribution < 1.29 is 9.72 Å². The molecule has 0 bridgehead atoms. The fraction of sp³-hybridized carbons (Fsp3) is 0.222. The molecule has 0 aliphatic heterocycles. The van der Waals surface area contributed by atoms with E-state index in [2.05, 4.69) is 15.3 Å². The van der Waals surface area contributed by atoms with Gasteiger partial charge in [0.15, 0.2) is 5.13 Å². The molecule has 1 atom stereocenters. The van der Waals surface area contributed by atoms with Gasteiger partial charge in [-0.25, -0.2) is 9.78 Å². The Hall–Kier alpha value is -3.40. The summed E-state index contributed by atoms with van der Waals surface area (Å²) >= 11 is 1.19. The summed E-state index contributed by atoms with van der Waals surface area (Å²) in [6.45, 7) is 5.06. The highest BCUT2D eigenvalue weighted by Crippen LogP contribution is 2.27. The molecule has 1 aromatic carbocycles. The van der Waals surface area contributed by atoms with E-state index >= 15 is 0 Å². The standard InChI is InChI=1S/C18H17N5O4S/c1-10-7-11(2)22(18(25)19-10)12(3)16(24)21-17-20-15(9-28-17)13-5-4-6-14(8-13)23(26)27/h4-9,12H,1-3H3,(H,20,21,24). The van der Waals surface area contributed by atoms with Gasteiger partial charge in [-0.3, -0.25) is 19.5 Å². The molecular formula is C18H17N5O4S. The molecule has 1 amide bonds. The van der Waals surface area contributed by atoms with Crippen molar-refractivity contribution in [2.45, 2.75) is 26.8 Å². The first-order valence-electron chi connectivity index (χ1n) is 8.34. The number of non-ortho nitro benzene ring substituents is 1. The number of nitrogens with zero attached hydrogens (tertiary/aromatic N) is 4. The van der Waals surface area contributed by atoms with Crippen molar-refractivity contribution in [1.82, 2.24) is 14.5 Å². The minimum absolute atomic E-state index is 0.0357. The van der Waals surface area contributed by atoms with Gasteiger partial charge in [0.2, 0.25) is 5.91 Å². The molecule has 9 nitrogen and oxygen atoms in total. The van der Waals surface area contributed by atoms with Crippen LogP contribution in [0.25, 0.3) is 11.3 Å². The SMILES string of the molecule is Cc1cc(C)n(C(C)C(=O)Nc2nc(-c3cccc([N+](=O)[O-])c3)cs2)c(=O)n1. The summed E-state index contributed by atoms with van der Waals surface area (Å²) in [6.07, 6.45) is 0. The van der Waals surface area contributed by atoms with Gasteiger partial charge in [0.05, 0.1) is 10.6 Å². The maximum atomic E-state index is 12.6. The second-order valence-corrected chi connectivity index (χ2v) is 7.06. The summed E-state index contributed by atoms with van der Waals surface area (Å²) < 4.78 is 1.32. The van der Waals surface area contributed by atoms with Gasteiger partial charge in [-0.05, 0) is 26.8 Å². The van der Waals surface area contributed by atoms with Gasteiger partial charge in [0.25, 0.3) is 5.69 Å². The molecule has 1 N–H and O–H groups in total. The Balaban J connectivity index is 1.80. The van der Waals surface area contributed by atoms with Crippen LogP contribution in [0.2, 0.25) is 0 Å². The number of amides is 1. The van der Waals surface area contributed by atoms with Gasteiger partial charge in [-0.1, -0.05) is 12.1 Å². The quantitative estimate of drug-likeness (QED) is 0.520. The van der Waals surface area contributed by atoms with Crippen LogP contribution in [0.5, 0.6) is 0 Å². The zero-order chi connectivity index (χ0) is 20.4. The number of rotatable bonds is 5. The molecule has 0 aliphatic rings. The average Bonchev–Trinajstić information content (AvgIpc) is 3.09. The van der Waals surface area contributed by atoms with Gasteiger partial charge >= 0.3 is 5.69 Å². The van der Waals surface area contributed by atoms with E-state index in [0.29, 0.717) is 27.8 Å². The van der Waals surface area contributed by atoms with E-state index in [1.165, 1.54) is 28.0 Å². The fourth-order valence-corrected chi connectivity index (χ4v) is 3.52. The minimum Gasteiger partial charge on any atom is -0.300 e. The van der Waals surface area contributed by atoms with Gasteiger partial charge in [0, 0.05) is 34.5 Å². The number of nitrogens with one attached hydrogen (secondary N) is 1. The molecular weight excluding hydrogens is 382 g/mol. The molecule has 0 saturated heterocycles. The maximum Gasteiger partial charge on any atom is 0.348 e. The van der Waals surface area contributed by atoms with E-state index in [0.717, 1.165) is 0 Å². The number of nitro groups is 1. The number of carbonyl (C=O) groups excluding carboxylic acids is 1. The zero-order valence-electron chi connectivity index (χ0n) is 15.4. The summed E-state index contributed by atoms with van der Waals surface area (Å²) in [7, 11) is 0. The first kappa shape index (κ1) is 19.4. The van der Waals surface area contributed by atoms with E-state index < -0.39 is 22.6 Å². The van der Waals surface area contributed by atoms with Crippen LogP contribution in [0.3, 0.4) is 0 Å². The monoisotopic (exact) mass is 399 g/mol. The summed E-state index contributed by atoms with van der Waals surface area (Å²) in [5, 5.41) is 15.6. The number of nitro benzene ring substituents is 1. The number of hydrogen-bond donors (Lipinski definition) is 1. The Kier molecular flexibility index (Phi) is 5.32. The number of benzene rings is 1. The van der Waals surface area contributed by atoms with Crippen LogP contribution < -0.4 is 11.0 Å². The minimum atomic E-state index is -0.772. The van der Waals surface area contributed by atoms with Crippen molar-refractivity contribution in [2.24, 2.45) is 0 Å². The van der Waals surface area contributed by atoms with Crippen LogP contribution in [0, 0.1) is 24.0 Å². The van der Waals surface area contributed by atoms with Crippen LogP contribution in [-0.2, 0) is 4.79 Å². The summed E-state index contributed by atoms with van der Waals surface area (Å²) in [4.78, 5) is 43.3. The van der Waals surface area contributed by atoms with Crippen LogP contribution in [0.15, 0.2) is 40.5 Å². The molecule has 0 saturated carbocycles. The summed E-state index contributed by atoms with van der Waals surface area (Å²) in [6, 6.07) is 7.06. The van der Waals surface area contributed by atoms with Crippen molar-refractivity contribution in [3.8, 4) is 11.3 Å². The second-order valence-electron chi connectivity index (χ2n) is 6.20. The lowest BCUT2D eigenvalue weighted by atomic mass is 10.1. The molecule has 28 heavy (non-hydrogen) atoms. The van der Waals surface area contributed by atoms with Crippen molar-refractivity contribution in [1.29, 1.82) is 0 Å². The molecule has 1 unspecified atom stereocenters. The van der Waals surface area contributed by atoms with E-state index in [1.807, 2.05) is 0 Å². The summed E-state index contributed by atoms with van der Waals surface area (Å²) in [5.74, 6) is -0.407. The highest BCUT2D eigenvalue weighted by Gasteiger charge is 2.20. The molecule has 144 valence electrons. The number of hydrogen-bond acceptors (Lipinski definition) is 7. The van der Waals surface area contributed by atoms with Crippen LogP contribution >= 0.6 is 11.3 Å². The van der Waals surface area contributed by atoms with Crippen molar-refractivity contribution in [3.05, 3.63) is 67.7 Å². The van der Waals surface area contributed by atoms with Gasteiger partial charge in [0.1, 0.15) is 6.04 Å². The molecule has 2 heterocycles. The van der Waals surface area contributed by atoms with E-state index in [9.17, 15) is 19.7 Å². The predicted octanol–water partition coefficient (Wildman–Crippen LogP) is 3.09. The zero-order valence-corrected chi connectivity index (χ0v) is 16.2. The smallest absolute Gasteiger partial charge is 0.300 e. The molecule has 2 aromatic heterocycles. The molecule has 0 aliphatic carbocycles. The van der Waals surface area contributed by atoms with Crippen molar-refractivity contribution in [3.63, 3.8) is 0 Å². The topological polar surface area (TPSA) is 120 Å². The number of thiazole rings is 1. The third-order valence-corrected chi connectivity index (χ3v) is 4.89. The van der Waals surface area contributed by atoms with Crippen LogP contribution in [0.4, 0.5) is 10.8 Å². The molecule has 0 spiro atoms. The molecule has 10 heteroatoms. The summed E-state index contributed by atoms with van der Waals surface area (Å²) in [5.41, 5.74) is 1.79. The maximum absolute atomic E-state index is 12.6. The first-order chi connectivity index (χ1) is 13.3. The normalized spacial score (nSPS) is 11.8. The lowest BCUT2D eigenvalue weighted by Gasteiger charge is -2.16. The number of aryl methyl sites for hydroxylation is 2. The van der Waals surface area contributed by atoms with E-state index in [1.54, 1.807) is 44.4 Å². The van der Waals surface area contributed by atoms with Crippen LogP contribution in [0.1, 0.15) is 24.4 Å². The lowest BCUT2D eigenvalue weighted by Crippen LogP contribution is -2.34. The molecule has 0 radical (unpaired) electrons. The predicted molar refractivity (Wildman–Crippen MR) is 106 cm³/mol. The Bertz CT molecular complexity index is 1120. The Morgan fingerprint density at radius 3 is 2.71 bits per heavy atom. The average molecular weight is 399 g/mol. The van der Waals surface area contributed by atoms with E-state index in [-0.39, 0.29) is 5.69 Å². The van der Waals surface area contributed by atoms with Gasteiger partial charge in [-0.15, -0.1) is 11.3 Å². The van der Waals surface area contributed by atoms with Crippen molar-refractivity contribution >= 4 is 28.1 Å². The number of carbonyl (C=O) groups is 1. The van der Waals surface area contributed by atoms with Crippen molar-refractivity contribution in [2.75, 3.05) is 5.32 Å². The Morgan fingerprint density at radius 1 is 1.29 bits per heavy atom. The molecule has 0 fully saturated rings. The van der Waals surface area contributed by atoms with E-state index in [4.69, 9.17) is 0 Å². The van der Waals surface area contributed by atoms with Gasteiger partial charge in [-0.2, -0.15) is 4.98 Å². The second kappa shape index (κ2) is 7.69. The highest BCUT2D eigenvalue weighted by atomic mass is 32.1. The third kappa shape index (κ3) is 3.96. The first-order valence-corrected chi connectivity index (χ1v) is 9.22. The number of aromatic nitrogens is 3.